The SMILES string of the molecule is C=CCn1c(C)cc(C(=O)COC(=O)c2ccccc2C(=O)c2ccccc2)c1C. The Morgan fingerprint density at radius 1 is 0.933 bits per heavy atom. The number of allylic oxidation sites excluding steroid dienone is 1. The quantitative estimate of drug-likeness (QED) is 0.315. The summed E-state index contributed by atoms with van der Waals surface area (Å²) in [6, 6.07) is 16.9. The maximum absolute atomic E-state index is 12.8. The first-order valence-corrected chi connectivity index (χ1v) is 9.60. The number of rotatable bonds is 8. The van der Waals surface area contributed by atoms with E-state index in [1.165, 1.54) is 6.07 Å². The van der Waals surface area contributed by atoms with E-state index in [0.717, 1.165) is 11.4 Å². The van der Waals surface area contributed by atoms with Gasteiger partial charge in [-0.2, -0.15) is 0 Å². The van der Waals surface area contributed by atoms with Crippen LogP contribution in [-0.2, 0) is 11.3 Å². The first-order valence-electron chi connectivity index (χ1n) is 9.60. The van der Waals surface area contributed by atoms with Gasteiger partial charge < -0.3 is 9.30 Å². The van der Waals surface area contributed by atoms with E-state index in [9.17, 15) is 14.4 Å². The standard InChI is InChI=1S/C25H23NO4/c1-4-14-26-17(2)15-22(18(26)3)23(27)16-30-25(29)21-13-9-8-12-20(21)24(28)19-10-6-5-7-11-19/h4-13,15H,1,14,16H2,2-3H3. The van der Waals surface area contributed by atoms with E-state index in [1.54, 1.807) is 54.6 Å². The van der Waals surface area contributed by atoms with E-state index in [1.807, 2.05) is 24.5 Å². The fourth-order valence-electron chi connectivity index (χ4n) is 3.38. The highest BCUT2D eigenvalue weighted by molar-refractivity contribution is 6.14. The number of ketones is 2. The number of nitrogens with zero attached hydrogens (tertiary/aromatic N) is 1. The minimum atomic E-state index is -0.705. The molecule has 2 aromatic carbocycles. The Bertz CT molecular complexity index is 1110. The number of benzene rings is 2. The highest BCUT2D eigenvalue weighted by Crippen LogP contribution is 2.18. The molecule has 0 saturated heterocycles. The second-order valence-electron chi connectivity index (χ2n) is 6.92. The van der Waals surface area contributed by atoms with Gasteiger partial charge in [0.2, 0.25) is 5.78 Å². The molecule has 0 spiro atoms. The Morgan fingerprint density at radius 2 is 1.57 bits per heavy atom. The molecule has 0 atom stereocenters. The van der Waals surface area contributed by atoms with Crippen molar-refractivity contribution in [2.24, 2.45) is 0 Å². The van der Waals surface area contributed by atoms with Gasteiger partial charge in [-0.15, -0.1) is 6.58 Å². The molecule has 0 aliphatic rings. The molecule has 1 aromatic heterocycles. The first-order chi connectivity index (χ1) is 14.4. The molecule has 5 nitrogen and oxygen atoms in total. The number of aromatic nitrogens is 1. The summed E-state index contributed by atoms with van der Waals surface area (Å²) in [5, 5.41) is 0. The second kappa shape index (κ2) is 9.18. The molecule has 0 radical (unpaired) electrons. The lowest BCUT2D eigenvalue weighted by Gasteiger charge is -2.09. The van der Waals surface area contributed by atoms with Gasteiger partial charge in [-0.1, -0.05) is 54.6 Å². The number of carbonyl (C=O) groups excluding carboxylic acids is 3. The van der Waals surface area contributed by atoms with E-state index in [4.69, 9.17) is 4.74 Å². The first kappa shape index (κ1) is 21.0. The molecule has 0 unspecified atom stereocenters. The zero-order valence-electron chi connectivity index (χ0n) is 17.1. The molecule has 0 aliphatic heterocycles. The normalized spacial score (nSPS) is 10.5. The summed E-state index contributed by atoms with van der Waals surface area (Å²) in [6.45, 7) is 7.68. The van der Waals surface area contributed by atoms with Gasteiger partial charge in [0.15, 0.2) is 12.4 Å². The molecule has 0 amide bonds. The van der Waals surface area contributed by atoms with Gasteiger partial charge in [-0.05, 0) is 26.0 Å². The summed E-state index contributed by atoms with van der Waals surface area (Å²) in [7, 11) is 0. The van der Waals surface area contributed by atoms with E-state index in [2.05, 4.69) is 6.58 Å². The molecule has 0 bridgehead atoms. The van der Waals surface area contributed by atoms with Crippen LogP contribution in [0.3, 0.4) is 0 Å². The Kier molecular flexibility index (Phi) is 6.42. The van der Waals surface area contributed by atoms with Gasteiger partial charge >= 0.3 is 5.97 Å². The highest BCUT2D eigenvalue weighted by atomic mass is 16.5. The monoisotopic (exact) mass is 401 g/mol. The predicted octanol–water partition coefficient (Wildman–Crippen LogP) is 4.56. The average molecular weight is 401 g/mol. The minimum absolute atomic E-state index is 0.135. The van der Waals surface area contributed by atoms with Crippen molar-refractivity contribution in [3.63, 3.8) is 0 Å². The molecule has 3 rings (SSSR count). The van der Waals surface area contributed by atoms with E-state index in [0.29, 0.717) is 17.7 Å². The number of hydrogen-bond donors (Lipinski definition) is 0. The lowest BCUT2D eigenvalue weighted by atomic mass is 9.98. The van der Waals surface area contributed by atoms with Gasteiger partial charge in [0.05, 0.1) is 5.56 Å². The summed E-state index contributed by atoms with van der Waals surface area (Å²) >= 11 is 0. The van der Waals surface area contributed by atoms with Crippen molar-refractivity contribution in [3.05, 3.63) is 107 Å². The molecule has 0 saturated carbocycles. The molecule has 0 fully saturated rings. The number of aryl methyl sites for hydroxylation is 1. The predicted molar refractivity (Wildman–Crippen MR) is 115 cm³/mol. The number of Topliss-reactive ketones (excluding diaryl/α,β-unsaturated/α-hetero) is 1. The Labute approximate surface area is 175 Å². The molecule has 152 valence electrons. The van der Waals surface area contributed by atoms with Gasteiger partial charge in [0.25, 0.3) is 0 Å². The van der Waals surface area contributed by atoms with Crippen LogP contribution in [0.25, 0.3) is 0 Å². The summed E-state index contributed by atoms with van der Waals surface area (Å²) in [6.07, 6.45) is 1.76. The van der Waals surface area contributed by atoms with Crippen LogP contribution >= 0.6 is 0 Å². The fraction of sp³-hybridized carbons (Fsp3) is 0.160. The molecule has 5 heteroatoms. The minimum Gasteiger partial charge on any atom is -0.454 e. The molecule has 1 heterocycles. The lowest BCUT2D eigenvalue weighted by molar-refractivity contribution is 0.0472. The van der Waals surface area contributed by atoms with E-state index in [-0.39, 0.29) is 22.7 Å². The molecule has 3 aromatic rings. The number of hydrogen-bond acceptors (Lipinski definition) is 4. The summed E-state index contributed by atoms with van der Waals surface area (Å²) in [5.41, 5.74) is 3.09. The summed E-state index contributed by atoms with van der Waals surface area (Å²) in [4.78, 5) is 38.1. The van der Waals surface area contributed by atoms with Crippen molar-refractivity contribution in [1.29, 1.82) is 0 Å². The van der Waals surface area contributed by atoms with Gasteiger partial charge in [-0.25, -0.2) is 4.79 Å². The Hall–Kier alpha value is -3.73. The van der Waals surface area contributed by atoms with Crippen molar-refractivity contribution in [1.82, 2.24) is 4.57 Å². The van der Waals surface area contributed by atoms with Crippen molar-refractivity contribution in [3.8, 4) is 0 Å². The number of ether oxygens (including phenoxy) is 1. The summed E-state index contributed by atoms with van der Waals surface area (Å²) in [5.74, 6) is -1.27. The summed E-state index contributed by atoms with van der Waals surface area (Å²) < 4.78 is 7.23. The van der Waals surface area contributed by atoms with Crippen LogP contribution in [0.1, 0.15) is 48.0 Å². The third-order valence-electron chi connectivity index (χ3n) is 4.95. The van der Waals surface area contributed by atoms with Crippen LogP contribution in [0.4, 0.5) is 0 Å². The smallest absolute Gasteiger partial charge is 0.339 e. The van der Waals surface area contributed by atoms with Crippen LogP contribution in [0, 0.1) is 13.8 Å². The number of carbonyl (C=O) groups is 3. The van der Waals surface area contributed by atoms with Crippen molar-refractivity contribution < 1.29 is 19.1 Å². The van der Waals surface area contributed by atoms with Crippen LogP contribution < -0.4 is 0 Å². The van der Waals surface area contributed by atoms with Crippen LogP contribution in [0.5, 0.6) is 0 Å². The molecular weight excluding hydrogens is 378 g/mol. The Morgan fingerprint density at radius 3 is 2.23 bits per heavy atom. The van der Waals surface area contributed by atoms with E-state index >= 15 is 0 Å². The molecule has 30 heavy (non-hydrogen) atoms. The zero-order chi connectivity index (χ0) is 21.7. The molecular formula is C25H23NO4. The Balaban J connectivity index is 1.76. The second-order valence-corrected chi connectivity index (χ2v) is 6.92. The van der Waals surface area contributed by atoms with Crippen molar-refractivity contribution in [2.45, 2.75) is 20.4 Å². The zero-order valence-corrected chi connectivity index (χ0v) is 17.1. The van der Waals surface area contributed by atoms with Crippen LogP contribution in [0.15, 0.2) is 73.3 Å². The number of esters is 1. The lowest BCUT2D eigenvalue weighted by Crippen LogP contribution is -2.17. The van der Waals surface area contributed by atoms with Crippen LogP contribution in [-0.4, -0.2) is 28.7 Å². The third kappa shape index (κ3) is 4.30. The van der Waals surface area contributed by atoms with Crippen molar-refractivity contribution >= 4 is 17.5 Å². The van der Waals surface area contributed by atoms with E-state index < -0.39 is 12.6 Å². The largest absolute Gasteiger partial charge is 0.454 e. The maximum Gasteiger partial charge on any atom is 0.339 e. The molecule has 0 aliphatic carbocycles. The molecule has 0 N–H and O–H groups in total. The fourth-order valence-corrected chi connectivity index (χ4v) is 3.38. The maximum atomic E-state index is 12.8. The van der Waals surface area contributed by atoms with Gasteiger partial charge in [0, 0.05) is 34.6 Å². The van der Waals surface area contributed by atoms with Crippen molar-refractivity contribution in [2.75, 3.05) is 6.61 Å². The third-order valence-corrected chi connectivity index (χ3v) is 4.95. The highest BCUT2D eigenvalue weighted by Gasteiger charge is 2.21. The average Bonchev–Trinajstić information content (AvgIpc) is 3.06. The topological polar surface area (TPSA) is 65.4 Å². The van der Waals surface area contributed by atoms with Gasteiger partial charge in [0.1, 0.15) is 0 Å². The van der Waals surface area contributed by atoms with Crippen LogP contribution in [0.2, 0.25) is 0 Å². The van der Waals surface area contributed by atoms with Gasteiger partial charge in [-0.3, -0.25) is 9.59 Å².